The zero-order chi connectivity index (χ0) is 13.0. The number of esters is 1. The molecule has 0 bridgehead atoms. The monoisotopic (exact) mass is 226 g/mol. The molecule has 0 aromatic rings. The Morgan fingerprint density at radius 2 is 1.75 bits per heavy atom. The molecule has 0 fully saturated rings. The van der Waals surface area contributed by atoms with Gasteiger partial charge in [-0.1, -0.05) is 26.8 Å². The maximum absolute atomic E-state index is 12.0. The van der Waals surface area contributed by atoms with E-state index in [1.165, 1.54) is 0 Å². The number of hydrogen-bond acceptors (Lipinski definition) is 2. The summed E-state index contributed by atoms with van der Waals surface area (Å²) in [5, 5.41) is 0. The van der Waals surface area contributed by atoms with Crippen molar-refractivity contribution in [2.45, 2.75) is 60.0 Å². The predicted octanol–water partition coefficient (Wildman–Crippen LogP) is 3.96. The highest BCUT2D eigenvalue weighted by molar-refractivity contribution is 5.73. The SMILES string of the molecule is C=CCC(CC(C)(C)C)C(=O)OC(C)(C)C. The van der Waals surface area contributed by atoms with Crippen LogP contribution in [0.25, 0.3) is 0 Å². The molecule has 0 aliphatic rings. The van der Waals surface area contributed by atoms with Crippen LogP contribution in [0.4, 0.5) is 0 Å². The lowest BCUT2D eigenvalue weighted by molar-refractivity contribution is -0.161. The van der Waals surface area contributed by atoms with Crippen LogP contribution in [-0.4, -0.2) is 11.6 Å². The van der Waals surface area contributed by atoms with Gasteiger partial charge in [0.05, 0.1) is 5.92 Å². The van der Waals surface area contributed by atoms with Crippen molar-refractivity contribution in [2.24, 2.45) is 11.3 Å². The van der Waals surface area contributed by atoms with E-state index in [0.29, 0.717) is 6.42 Å². The molecule has 0 aliphatic heterocycles. The van der Waals surface area contributed by atoms with Gasteiger partial charge in [-0.25, -0.2) is 0 Å². The Bertz CT molecular complexity index is 240. The third-order valence-electron chi connectivity index (χ3n) is 2.05. The summed E-state index contributed by atoms with van der Waals surface area (Å²) in [7, 11) is 0. The lowest BCUT2D eigenvalue weighted by Crippen LogP contribution is -2.30. The van der Waals surface area contributed by atoms with Crippen LogP contribution >= 0.6 is 0 Å². The van der Waals surface area contributed by atoms with Crippen molar-refractivity contribution >= 4 is 5.97 Å². The zero-order valence-corrected chi connectivity index (χ0v) is 11.6. The molecule has 0 heterocycles. The Kier molecular flexibility index (Phi) is 5.24. The number of carbonyl (C=O) groups is 1. The summed E-state index contributed by atoms with van der Waals surface area (Å²) in [4.78, 5) is 12.0. The highest BCUT2D eigenvalue weighted by Gasteiger charge is 2.28. The van der Waals surface area contributed by atoms with Crippen LogP contribution in [0.15, 0.2) is 12.7 Å². The van der Waals surface area contributed by atoms with Crippen LogP contribution in [0.3, 0.4) is 0 Å². The van der Waals surface area contributed by atoms with Crippen molar-refractivity contribution in [2.75, 3.05) is 0 Å². The van der Waals surface area contributed by atoms with Crippen LogP contribution in [-0.2, 0) is 9.53 Å². The summed E-state index contributed by atoms with van der Waals surface area (Å²) < 4.78 is 5.41. The first-order valence-corrected chi connectivity index (χ1v) is 5.89. The maximum atomic E-state index is 12.0. The molecule has 2 nitrogen and oxygen atoms in total. The second kappa shape index (κ2) is 5.51. The smallest absolute Gasteiger partial charge is 0.309 e. The standard InChI is InChI=1S/C14H26O2/c1-8-9-11(10-13(2,3)4)12(15)16-14(5,6)7/h8,11H,1,9-10H2,2-7H3. The Hall–Kier alpha value is -0.790. The quantitative estimate of drug-likeness (QED) is 0.536. The number of allylic oxidation sites excluding steroid dienone is 1. The molecular formula is C14H26O2. The van der Waals surface area contributed by atoms with Gasteiger partial charge < -0.3 is 4.74 Å². The van der Waals surface area contributed by atoms with E-state index in [0.717, 1.165) is 6.42 Å². The van der Waals surface area contributed by atoms with E-state index in [1.807, 2.05) is 20.8 Å². The highest BCUT2D eigenvalue weighted by Crippen LogP contribution is 2.28. The number of ether oxygens (including phenoxy) is 1. The second-order valence-corrected chi connectivity index (χ2v) is 6.52. The van der Waals surface area contributed by atoms with Gasteiger partial charge in [-0.15, -0.1) is 6.58 Å². The molecular weight excluding hydrogens is 200 g/mol. The molecule has 0 radical (unpaired) electrons. The summed E-state index contributed by atoms with van der Waals surface area (Å²) in [6.45, 7) is 15.8. The molecule has 1 unspecified atom stereocenters. The Balaban J connectivity index is 4.53. The van der Waals surface area contributed by atoms with E-state index in [2.05, 4.69) is 27.4 Å². The fraction of sp³-hybridized carbons (Fsp3) is 0.786. The topological polar surface area (TPSA) is 26.3 Å². The largest absolute Gasteiger partial charge is 0.460 e. The van der Waals surface area contributed by atoms with Gasteiger partial charge in [-0.2, -0.15) is 0 Å². The summed E-state index contributed by atoms with van der Waals surface area (Å²) in [5.41, 5.74) is -0.279. The minimum absolute atomic E-state index is 0.0725. The van der Waals surface area contributed by atoms with Gasteiger partial charge in [0.2, 0.25) is 0 Å². The maximum Gasteiger partial charge on any atom is 0.309 e. The summed E-state index contributed by atoms with van der Waals surface area (Å²) >= 11 is 0. The fourth-order valence-corrected chi connectivity index (χ4v) is 1.59. The van der Waals surface area contributed by atoms with E-state index < -0.39 is 5.60 Å². The van der Waals surface area contributed by atoms with E-state index >= 15 is 0 Å². The highest BCUT2D eigenvalue weighted by atomic mass is 16.6. The zero-order valence-electron chi connectivity index (χ0n) is 11.6. The van der Waals surface area contributed by atoms with Crippen molar-refractivity contribution in [1.82, 2.24) is 0 Å². The average molecular weight is 226 g/mol. The van der Waals surface area contributed by atoms with Crippen LogP contribution in [0, 0.1) is 11.3 Å². The second-order valence-electron chi connectivity index (χ2n) is 6.52. The molecule has 0 aliphatic carbocycles. The summed E-state index contributed by atoms with van der Waals surface area (Å²) in [5.74, 6) is -0.181. The molecule has 1 atom stereocenters. The summed E-state index contributed by atoms with van der Waals surface area (Å²) in [6.07, 6.45) is 3.31. The van der Waals surface area contributed by atoms with E-state index in [-0.39, 0.29) is 17.3 Å². The Labute approximate surface area is 100 Å². The van der Waals surface area contributed by atoms with Crippen molar-refractivity contribution in [3.8, 4) is 0 Å². The lowest BCUT2D eigenvalue weighted by atomic mass is 9.83. The Morgan fingerprint density at radius 1 is 1.25 bits per heavy atom. The van der Waals surface area contributed by atoms with Crippen molar-refractivity contribution in [1.29, 1.82) is 0 Å². The molecule has 0 saturated heterocycles. The van der Waals surface area contributed by atoms with Crippen LogP contribution < -0.4 is 0 Å². The molecule has 0 spiro atoms. The number of carbonyl (C=O) groups excluding carboxylic acids is 1. The molecule has 16 heavy (non-hydrogen) atoms. The molecule has 0 rings (SSSR count). The normalized spacial score (nSPS) is 14.4. The van der Waals surface area contributed by atoms with E-state index in [1.54, 1.807) is 6.08 Å². The third-order valence-corrected chi connectivity index (χ3v) is 2.05. The van der Waals surface area contributed by atoms with Gasteiger partial charge in [-0.3, -0.25) is 4.79 Å². The van der Waals surface area contributed by atoms with Crippen LogP contribution in [0.5, 0.6) is 0 Å². The molecule has 0 N–H and O–H groups in total. The third kappa shape index (κ3) is 7.49. The lowest BCUT2D eigenvalue weighted by Gasteiger charge is -2.27. The number of rotatable bonds is 4. The Morgan fingerprint density at radius 3 is 2.06 bits per heavy atom. The molecule has 0 saturated carbocycles. The van der Waals surface area contributed by atoms with Crippen LogP contribution in [0.1, 0.15) is 54.4 Å². The van der Waals surface area contributed by atoms with E-state index in [9.17, 15) is 4.79 Å². The van der Waals surface area contributed by atoms with Crippen molar-refractivity contribution in [3.63, 3.8) is 0 Å². The van der Waals surface area contributed by atoms with Gasteiger partial charge in [0.25, 0.3) is 0 Å². The first kappa shape index (κ1) is 15.2. The summed E-state index contributed by atoms with van der Waals surface area (Å²) in [6, 6.07) is 0. The average Bonchev–Trinajstić information content (AvgIpc) is 1.97. The first-order valence-electron chi connectivity index (χ1n) is 5.89. The minimum Gasteiger partial charge on any atom is -0.460 e. The van der Waals surface area contributed by atoms with Gasteiger partial charge in [0.1, 0.15) is 5.60 Å². The van der Waals surface area contributed by atoms with Crippen LogP contribution in [0.2, 0.25) is 0 Å². The molecule has 2 heteroatoms. The van der Waals surface area contributed by atoms with Crippen molar-refractivity contribution in [3.05, 3.63) is 12.7 Å². The fourth-order valence-electron chi connectivity index (χ4n) is 1.59. The molecule has 0 amide bonds. The number of hydrogen-bond donors (Lipinski definition) is 0. The van der Waals surface area contributed by atoms with Crippen molar-refractivity contribution < 1.29 is 9.53 Å². The molecule has 0 aromatic carbocycles. The first-order chi connectivity index (χ1) is 7.05. The van der Waals surface area contributed by atoms with E-state index in [4.69, 9.17) is 4.74 Å². The van der Waals surface area contributed by atoms with Gasteiger partial charge in [0.15, 0.2) is 0 Å². The van der Waals surface area contributed by atoms with Gasteiger partial charge >= 0.3 is 5.97 Å². The predicted molar refractivity (Wildman–Crippen MR) is 68.2 cm³/mol. The molecule has 0 aromatic heterocycles. The van der Waals surface area contributed by atoms with Gasteiger partial charge in [-0.05, 0) is 39.0 Å². The molecule has 94 valence electrons. The minimum atomic E-state index is -0.408. The van der Waals surface area contributed by atoms with Gasteiger partial charge in [0, 0.05) is 0 Å².